The monoisotopic (exact) mass is 485 g/mol. The van der Waals surface area contributed by atoms with Crippen molar-refractivity contribution in [3.63, 3.8) is 0 Å². The van der Waals surface area contributed by atoms with E-state index in [1.165, 1.54) is 37.7 Å². The third kappa shape index (κ3) is 6.79. The van der Waals surface area contributed by atoms with Gasteiger partial charge >= 0.3 is 5.97 Å². The normalized spacial score (nSPS) is 19.0. The van der Waals surface area contributed by atoms with E-state index in [1.54, 1.807) is 0 Å². The van der Waals surface area contributed by atoms with E-state index in [1.807, 2.05) is 57.4 Å². The van der Waals surface area contributed by atoms with E-state index in [0.29, 0.717) is 18.2 Å². The van der Waals surface area contributed by atoms with Gasteiger partial charge in [0.05, 0.1) is 0 Å². The molecule has 5 nitrogen and oxygen atoms in total. The van der Waals surface area contributed by atoms with Crippen molar-refractivity contribution in [3.05, 3.63) is 72.1 Å². The van der Waals surface area contributed by atoms with E-state index in [-0.39, 0.29) is 5.97 Å². The maximum Gasteiger partial charge on any atom is 0.323 e. The van der Waals surface area contributed by atoms with Gasteiger partial charge in [-0.1, -0.05) is 61.9 Å². The number of rotatable bonds is 7. The first kappa shape index (κ1) is 26.0. The molecule has 0 aliphatic heterocycles. The summed E-state index contributed by atoms with van der Waals surface area (Å²) >= 11 is 0. The topological polar surface area (TPSA) is 78.1 Å². The van der Waals surface area contributed by atoms with Crippen LogP contribution in [-0.4, -0.2) is 27.6 Å². The molecule has 0 amide bonds. The van der Waals surface area contributed by atoms with Crippen molar-refractivity contribution in [3.8, 4) is 22.5 Å². The van der Waals surface area contributed by atoms with Crippen LogP contribution >= 0.6 is 0 Å². The molecule has 3 aromatic rings. The predicted molar refractivity (Wildman–Crippen MR) is 145 cm³/mol. The molecule has 1 heterocycles. The van der Waals surface area contributed by atoms with Crippen molar-refractivity contribution in [1.29, 1.82) is 0 Å². The first-order valence-corrected chi connectivity index (χ1v) is 13.2. The summed E-state index contributed by atoms with van der Waals surface area (Å²) in [7, 11) is 0. The molecular formula is C31H39N3O2. The maximum atomic E-state index is 12.2. The van der Waals surface area contributed by atoms with Crippen LogP contribution < -0.4 is 5.73 Å². The van der Waals surface area contributed by atoms with Crippen LogP contribution in [0.2, 0.25) is 0 Å². The Labute approximate surface area is 215 Å². The highest BCUT2D eigenvalue weighted by Gasteiger charge is 2.23. The Morgan fingerprint density at radius 3 is 2.06 bits per heavy atom. The van der Waals surface area contributed by atoms with Gasteiger partial charge in [-0.25, -0.2) is 9.97 Å². The Morgan fingerprint density at radius 2 is 1.50 bits per heavy atom. The Bertz CT molecular complexity index is 1120. The number of carbonyl (C=O) groups excluding carboxylic acids is 1. The smallest absolute Gasteiger partial charge is 0.323 e. The first-order chi connectivity index (χ1) is 17.2. The minimum Gasteiger partial charge on any atom is -0.459 e. The summed E-state index contributed by atoms with van der Waals surface area (Å²) in [5, 5.41) is 0. The highest BCUT2D eigenvalue weighted by Crippen LogP contribution is 2.37. The molecule has 190 valence electrons. The number of hydrogen-bond acceptors (Lipinski definition) is 5. The Morgan fingerprint density at radius 1 is 0.917 bits per heavy atom. The van der Waals surface area contributed by atoms with E-state index < -0.39 is 11.6 Å². The fraction of sp³-hybridized carbons (Fsp3) is 0.452. The van der Waals surface area contributed by atoms with Crippen molar-refractivity contribution < 1.29 is 9.53 Å². The summed E-state index contributed by atoms with van der Waals surface area (Å²) < 4.78 is 5.37. The highest BCUT2D eigenvalue weighted by molar-refractivity contribution is 5.76. The fourth-order valence-electron chi connectivity index (χ4n) is 4.98. The predicted octanol–water partition coefficient (Wildman–Crippen LogP) is 6.71. The van der Waals surface area contributed by atoms with Gasteiger partial charge in [-0.15, -0.1) is 0 Å². The molecule has 1 saturated carbocycles. The summed E-state index contributed by atoms with van der Waals surface area (Å²) in [5.74, 6) is 1.90. The lowest BCUT2D eigenvalue weighted by Gasteiger charge is -2.28. The van der Waals surface area contributed by atoms with Crippen LogP contribution in [0.3, 0.4) is 0 Å². The average molecular weight is 486 g/mol. The third-order valence-electron chi connectivity index (χ3n) is 7.17. The lowest BCUT2D eigenvalue weighted by molar-refractivity contribution is -0.156. The molecule has 36 heavy (non-hydrogen) atoms. The van der Waals surface area contributed by atoms with Crippen molar-refractivity contribution in [1.82, 2.24) is 9.97 Å². The molecule has 1 aliphatic rings. The van der Waals surface area contributed by atoms with Gasteiger partial charge in [0, 0.05) is 23.5 Å². The van der Waals surface area contributed by atoms with Crippen LogP contribution in [0.25, 0.3) is 22.5 Å². The second kappa shape index (κ2) is 11.3. The van der Waals surface area contributed by atoms with E-state index in [4.69, 9.17) is 10.5 Å². The molecule has 1 aromatic heterocycles. The minimum absolute atomic E-state index is 0.387. The van der Waals surface area contributed by atoms with E-state index in [9.17, 15) is 4.79 Å². The van der Waals surface area contributed by atoms with Gasteiger partial charge in [0.25, 0.3) is 0 Å². The van der Waals surface area contributed by atoms with Gasteiger partial charge in [-0.3, -0.25) is 4.79 Å². The van der Waals surface area contributed by atoms with Crippen LogP contribution in [0.4, 0.5) is 0 Å². The summed E-state index contributed by atoms with van der Waals surface area (Å²) in [5.41, 5.74) is 11.0. The first-order valence-electron chi connectivity index (χ1n) is 13.2. The third-order valence-corrected chi connectivity index (χ3v) is 7.17. The van der Waals surface area contributed by atoms with Gasteiger partial charge in [-0.05, 0) is 81.4 Å². The molecule has 4 rings (SSSR count). The SMILES string of the molecule is CCC1CCC(c2ccc(-c3cnc(-c4ccc(CC(N)C(=O)OC(C)(C)C)cc4)nc3)cc2)CC1. The van der Waals surface area contributed by atoms with Crippen LogP contribution in [0.5, 0.6) is 0 Å². The molecule has 1 unspecified atom stereocenters. The Balaban J connectivity index is 1.36. The zero-order chi connectivity index (χ0) is 25.7. The second-order valence-electron chi connectivity index (χ2n) is 11.1. The second-order valence-corrected chi connectivity index (χ2v) is 11.1. The molecule has 0 bridgehead atoms. The molecule has 0 radical (unpaired) electrons. The number of carbonyl (C=O) groups is 1. The van der Waals surface area contributed by atoms with Crippen LogP contribution in [0.1, 0.15) is 76.8 Å². The number of aromatic nitrogens is 2. The number of nitrogens with zero attached hydrogens (tertiary/aromatic N) is 2. The van der Waals surface area contributed by atoms with Gasteiger partial charge in [0.1, 0.15) is 11.6 Å². The van der Waals surface area contributed by atoms with Crippen LogP contribution in [-0.2, 0) is 16.0 Å². The molecule has 2 N–H and O–H groups in total. The number of benzene rings is 2. The molecule has 1 aliphatic carbocycles. The van der Waals surface area contributed by atoms with E-state index in [2.05, 4.69) is 41.2 Å². The molecule has 2 aromatic carbocycles. The van der Waals surface area contributed by atoms with E-state index >= 15 is 0 Å². The Hall–Kier alpha value is -3.05. The lowest BCUT2D eigenvalue weighted by atomic mass is 9.78. The van der Waals surface area contributed by atoms with Crippen molar-refractivity contribution >= 4 is 5.97 Å². The van der Waals surface area contributed by atoms with Crippen LogP contribution in [0.15, 0.2) is 60.9 Å². The highest BCUT2D eigenvalue weighted by atomic mass is 16.6. The van der Waals surface area contributed by atoms with E-state index in [0.717, 1.165) is 28.2 Å². The molecule has 0 spiro atoms. The zero-order valence-electron chi connectivity index (χ0n) is 22.0. The molecule has 1 fully saturated rings. The van der Waals surface area contributed by atoms with Gasteiger partial charge in [0.15, 0.2) is 5.82 Å². The maximum absolute atomic E-state index is 12.2. The number of ether oxygens (including phenoxy) is 1. The average Bonchev–Trinajstić information content (AvgIpc) is 2.88. The standard InChI is InChI=1S/C31H39N3O2/c1-5-21-6-10-23(11-7-21)24-14-16-25(17-15-24)27-19-33-29(34-20-27)26-12-8-22(9-13-26)18-28(32)30(35)36-31(2,3)4/h8-9,12-17,19-21,23,28H,5-7,10-11,18,32H2,1-4H3. The Kier molecular flexibility index (Phi) is 8.20. The van der Waals surface area contributed by atoms with Crippen molar-refractivity contribution in [2.75, 3.05) is 0 Å². The molecule has 1 atom stereocenters. The molecule has 5 heteroatoms. The number of hydrogen-bond donors (Lipinski definition) is 1. The summed E-state index contributed by atoms with van der Waals surface area (Å²) in [6, 6.07) is 16.1. The molecular weight excluding hydrogens is 446 g/mol. The van der Waals surface area contributed by atoms with Crippen molar-refractivity contribution in [2.24, 2.45) is 11.7 Å². The van der Waals surface area contributed by atoms with Crippen molar-refractivity contribution in [2.45, 2.75) is 83.8 Å². The number of nitrogens with two attached hydrogens (primary N) is 1. The zero-order valence-corrected chi connectivity index (χ0v) is 22.0. The lowest BCUT2D eigenvalue weighted by Crippen LogP contribution is -2.38. The summed E-state index contributed by atoms with van der Waals surface area (Å²) in [6.45, 7) is 7.83. The van der Waals surface area contributed by atoms with Gasteiger partial charge in [0.2, 0.25) is 0 Å². The fourth-order valence-corrected chi connectivity index (χ4v) is 4.98. The largest absolute Gasteiger partial charge is 0.459 e. The van der Waals surface area contributed by atoms with Gasteiger partial charge < -0.3 is 10.5 Å². The summed E-state index contributed by atoms with van der Waals surface area (Å²) in [6.07, 6.45) is 10.8. The number of esters is 1. The van der Waals surface area contributed by atoms with Crippen LogP contribution in [0, 0.1) is 5.92 Å². The molecule has 0 saturated heterocycles. The quantitative estimate of drug-likeness (QED) is 0.377. The van der Waals surface area contributed by atoms with Gasteiger partial charge in [-0.2, -0.15) is 0 Å². The summed E-state index contributed by atoms with van der Waals surface area (Å²) in [4.78, 5) is 21.4. The minimum atomic E-state index is -0.691.